The van der Waals surface area contributed by atoms with E-state index in [0.29, 0.717) is 22.6 Å². The highest BCUT2D eigenvalue weighted by Gasteiger charge is 2.10. The van der Waals surface area contributed by atoms with Crippen LogP contribution in [0.3, 0.4) is 0 Å². The molecule has 30 heavy (non-hydrogen) atoms. The van der Waals surface area contributed by atoms with E-state index in [1.165, 1.54) is 25.5 Å². The lowest BCUT2D eigenvalue weighted by Crippen LogP contribution is -2.15. The van der Waals surface area contributed by atoms with Crippen LogP contribution in [-0.2, 0) is 15.6 Å². The zero-order chi connectivity index (χ0) is 22.0. The van der Waals surface area contributed by atoms with Gasteiger partial charge in [-0.15, -0.1) is 0 Å². The Balaban J connectivity index is 1.77. The second-order valence-corrected chi connectivity index (χ2v) is 10.7. The minimum Gasteiger partial charge on any atom is -0.494 e. The molecule has 0 saturated carbocycles. The number of ether oxygens (including phenoxy) is 1. The fourth-order valence-corrected chi connectivity index (χ4v) is 4.35. The van der Waals surface area contributed by atoms with Crippen LogP contribution >= 0.6 is 23.2 Å². The average molecular weight is 472 g/mol. The summed E-state index contributed by atoms with van der Waals surface area (Å²) < 4.78 is 28.6. The molecule has 1 atom stereocenters. The molecule has 0 saturated heterocycles. The molecule has 0 fully saturated rings. The molecule has 0 heterocycles. The van der Waals surface area contributed by atoms with Gasteiger partial charge in [-0.25, -0.2) is 8.42 Å². The summed E-state index contributed by atoms with van der Waals surface area (Å²) in [7, 11) is -3.02. The van der Waals surface area contributed by atoms with Crippen molar-refractivity contribution in [3.63, 3.8) is 0 Å². The molecule has 2 aromatic carbocycles. The smallest absolute Gasteiger partial charge is 0.151 e. The number of halogens is 2. The number of rotatable bonds is 13. The number of hydrogen-bond acceptors (Lipinski definition) is 4. The lowest BCUT2D eigenvalue weighted by Gasteiger charge is -2.18. The first kappa shape index (κ1) is 24.8. The Morgan fingerprint density at radius 1 is 1.00 bits per heavy atom. The molecule has 0 spiro atoms. The highest BCUT2D eigenvalue weighted by atomic mass is 35.5. The first-order valence-corrected chi connectivity index (χ1v) is 13.2. The van der Waals surface area contributed by atoms with Crippen LogP contribution < -0.4 is 10.1 Å². The molecule has 7 heteroatoms. The zero-order valence-electron chi connectivity index (χ0n) is 17.7. The maximum Gasteiger partial charge on any atom is 0.151 e. The second-order valence-electron chi connectivity index (χ2n) is 7.72. The van der Waals surface area contributed by atoms with E-state index in [-0.39, 0.29) is 5.75 Å². The molecule has 0 unspecified atom stereocenters. The third-order valence-electron chi connectivity index (χ3n) is 4.86. The van der Waals surface area contributed by atoms with Crippen molar-refractivity contribution in [2.24, 2.45) is 5.92 Å². The molecule has 1 N–H and O–H groups in total. The highest BCUT2D eigenvalue weighted by molar-refractivity contribution is 7.89. The van der Waals surface area contributed by atoms with Crippen molar-refractivity contribution in [2.75, 3.05) is 24.7 Å². The van der Waals surface area contributed by atoms with Gasteiger partial charge in [0.15, 0.2) is 9.84 Å². The van der Waals surface area contributed by atoms with Crippen LogP contribution in [0.5, 0.6) is 5.75 Å². The summed E-state index contributed by atoms with van der Waals surface area (Å²) in [6.45, 7) is 3.74. The van der Waals surface area contributed by atoms with Gasteiger partial charge in [0.25, 0.3) is 0 Å². The summed E-state index contributed by atoms with van der Waals surface area (Å²) in [6.07, 6.45) is 6.83. The summed E-state index contributed by atoms with van der Waals surface area (Å²) in [4.78, 5) is 0. The van der Waals surface area contributed by atoms with Crippen molar-refractivity contribution in [3.05, 3.63) is 58.1 Å². The van der Waals surface area contributed by atoms with E-state index in [2.05, 4.69) is 12.2 Å². The minimum absolute atomic E-state index is 0.0538. The molecule has 4 nitrogen and oxygen atoms in total. The van der Waals surface area contributed by atoms with Gasteiger partial charge in [-0.3, -0.25) is 0 Å². The van der Waals surface area contributed by atoms with Gasteiger partial charge in [0, 0.05) is 18.5 Å². The number of sulfone groups is 1. The van der Waals surface area contributed by atoms with Crippen LogP contribution in [-0.4, -0.2) is 27.8 Å². The quantitative estimate of drug-likeness (QED) is 0.333. The molecule has 166 valence electrons. The van der Waals surface area contributed by atoms with Crippen molar-refractivity contribution in [1.82, 2.24) is 0 Å². The lowest BCUT2D eigenvalue weighted by atomic mass is 9.96. The normalized spacial score (nSPS) is 12.5. The van der Waals surface area contributed by atoms with Gasteiger partial charge in [-0.2, -0.15) is 0 Å². The summed E-state index contributed by atoms with van der Waals surface area (Å²) in [6, 6.07) is 12.9. The lowest BCUT2D eigenvalue weighted by molar-refractivity contribution is 0.290. The van der Waals surface area contributed by atoms with E-state index >= 15 is 0 Å². The molecule has 0 aromatic heterocycles. The maximum absolute atomic E-state index is 11.4. The van der Waals surface area contributed by atoms with Gasteiger partial charge >= 0.3 is 0 Å². The van der Waals surface area contributed by atoms with Crippen molar-refractivity contribution in [3.8, 4) is 5.75 Å². The predicted molar refractivity (Wildman–Crippen MR) is 128 cm³/mol. The van der Waals surface area contributed by atoms with E-state index in [1.807, 2.05) is 42.5 Å². The molecular weight excluding hydrogens is 441 g/mol. The molecular formula is C23H31Cl2NO3S. The van der Waals surface area contributed by atoms with E-state index in [4.69, 9.17) is 27.9 Å². The molecule has 0 radical (unpaired) electrons. The molecule has 0 aliphatic heterocycles. The molecule has 2 aromatic rings. The van der Waals surface area contributed by atoms with E-state index < -0.39 is 9.84 Å². The Hall–Kier alpha value is -1.43. The van der Waals surface area contributed by atoms with E-state index in [9.17, 15) is 8.42 Å². The van der Waals surface area contributed by atoms with Crippen LogP contribution in [0, 0.1) is 5.92 Å². The third kappa shape index (κ3) is 9.59. The van der Waals surface area contributed by atoms with Crippen molar-refractivity contribution < 1.29 is 13.2 Å². The van der Waals surface area contributed by atoms with E-state index in [1.54, 1.807) is 0 Å². The third-order valence-corrected chi connectivity index (χ3v) is 6.45. The summed E-state index contributed by atoms with van der Waals surface area (Å²) in [5.41, 5.74) is 1.76. The van der Waals surface area contributed by atoms with Gasteiger partial charge in [-0.05, 0) is 61.1 Å². The summed E-state index contributed by atoms with van der Waals surface area (Å²) >= 11 is 12.1. The van der Waals surface area contributed by atoms with Gasteiger partial charge in [-0.1, -0.05) is 55.1 Å². The van der Waals surface area contributed by atoms with Crippen molar-refractivity contribution in [2.45, 2.75) is 44.8 Å². The fraction of sp³-hybridized carbons (Fsp3) is 0.478. The van der Waals surface area contributed by atoms with Crippen molar-refractivity contribution >= 4 is 38.7 Å². The Labute approximate surface area is 190 Å². The number of benzene rings is 2. The van der Waals surface area contributed by atoms with E-state index in [0.717, 1.165) is 36.4 Å². The highest BCUT2D eigenvalue weighted by Crippen LogP contribution is 2.26. The Kier molecular flexibility index (Phi) is 10.3. The number of unbranched alkanes of at least 4 members (excludes halogenated alkanes) is 1. The largest absolute Gasteiger partial charge is 0.494 e. The fourth-order valence-electron chi connectivity index (χ4n) is 3.26. The number of anilines is 1. The SMILES string of the molecule is CCCC[C@@H](CCCOc1ccc(CS(C)(=O)=O)cc1)CNc1ccc(Cl)c(Cl)c1. The maximum atomic E-state index is 11.4. The molecule has 0 bridgehead atoms. The minimum atomic E-state index is -3.02. The van der Waals surface area contributed by atoms with Gasteiger partial charge < -0.3 is 10.1 Å². The Morgan fingerprint density at radius 2 is 1.70 bits per heavy atom. The topological polar surface area (TPSA) is 55.4 Å². The molecule has 0 aliphatic rings. The van der Waals surface area contributed by atoms with Crippen LogP contribution in [0.4, 0.5) is 5.69 Å². The first-order valence-electron chi connectivity index (χ1n) is 10.3. The van der Waals surface area contributed by atoms with Gasteiger partial charge in [0.2, 0.25) is 0 Å². The van der Waals surface area contributed by atoms with Gasteiger partial charge in [0.05, 0.1) is 22.4 Å². The van der Waals surface area contributed by atoms with Crippen molar-refractivity contribution in [1.29, 1.82) is 0 Å². The number of nitrogens with one attached hydrogen (secondary N) is 1. The Morgan fingerprint density at radius 3 is 2.33 bits per heavy atom. The van der Waals surface area contributed by atoms with Crippen LogP contribution in [0.25, 0.3) is 0 Å². The standard InChI is InChI=1S/C23H31Cl2NO3S/c1-3-4-6-18(16-26-20-10-13-22(24)23(25)15-20)7-5-14-29-21-11-8-19(9-12-21)17-30(2,27)28/h8-13,15,18,26H,3-7,14,16-17H2,1-2H3/t18-/m0/s1. The molecule has 0 aliphatic carbocycles. The molecule has 2 rings (SSSR count). The number of hydrogen-bond donors (Lipinski definition) is 1. The van der Waals surface area contributed by atoms with Crippen LogP contribution in [0.1, 0.15) is 44.6 Å². The first-order chi connectivity index (χ1) is 14.3. The summed E-state index contributed by atoms with van der Waals surface area (Å²) in [5.74, 6) is 1.38. The monoisotopic (exact) mass is 471 g/mol. The molecule has 0 amide bonds. The summed E-state index contributed by atoms with van der Waals surface area (Å²) in [5, 5.41) is 4.59. The van der Waals surface area contributed by atoms with Crippen LogP contribution in [0.2, 0.25) is 10.0 Å². The second kappa shape index (κ2) is 12.4. The van der Waals surface area contributed by atoms with Crippen LogP contribution in [0.15, 0.2) is 42.5 Å². The Bertz CT molecular complexity index is 886. The zero-order valence-corrected chi connectivity index (χ0v) is 20.0. The predicted octanol–water partition coefficient (Wildman–Crippen LogP) is 6.62. The van der Waals surface area contributed by atoms with Gasteiger partial charge in [0.1, 0.15) is 5.75 Å². The average Bonchev–Trinajstić information content (AvgIpc) is 2.69.